The van der Waals surface area contributed by atoms with E-state index < -0.39 is 0 Å². The molecule has 3 rings (SSSR count). The maximum atomic E-state index is 12.7. The monoisotopic (exact) mass is 482 g/mol. The van der Waals surface area contributed by atoms with Crippen LogP contribution in [0.1, 0.15) is 16.9 Å². The lowest BCUT2D eigenvalue weighted by molar-refractivity contribution is -0.132. The van der Waals surface area contributed by atoms with Crippen molar-refractivity contribution in [1.29, 1.82) is 0 Å². The van der Waals surface area contributed by atoms with Crippen molar-refractivity contribution in [3.63, 3.8) is 0 Å². The van der Waals surface area contributed by atoms with Crippen molar-refractivity contribution in [2.45, 2.75) is 19.4 Å². The summed E-state index contributed by atoms with van der Waals surface area (Å²) >= 11 is 5.28. The van der Waals surface area contributed by atoms with E-state index in [1.165, 1.54) is 4.88 Å². The van der Waals surface area contributed by atoms with Gasteiger partial charge < -0.3 is 19.1 Å². The van der Waals surface area contributed by atoms with Gasteiger partial charge in [-0.25, -0.2) is 0 Å². The van der Waals surface area contributed by atoms with Gasteiger partial charge in [0.2, 0.25) is 11.7 Å². The fourth-order valence-electron chi connectivity index (χ4n) is 3.57. The van der Waals surface area contributed by atoms with Crippen LogP contribution in [0.2, 0.25) is 0 Å². The van der Waals surface area contributed by atoms with Gasteiger partial charge in [-0.1, -0.05) is 6.07 Å². The molecule has 1 aromatic heterocycles. The van der Waals surface area contributed by atoms with Gasteiger partial charge in [0.25, 0.3) is 0 Å². The summed E-state index contributed by atoms with van der Waals surface area (Å²) in [7, 11) is 4.79. The second-order valence-electron chi connectivity index (χ2n) is 6.86. The van der Waals surface area contributed by atoms with Crippen LogP contribution in [-0.2, 0) is 17.8 Å². The number of halogens is 1. The van der Waals surface area contributed by atoms with Crippen LogP contribution in [-0.4, -0.2) is 63.2 Å². The number of carbonyl (C=O) groups is 1. The number of hydrogen-bond acceptors (Lipinski definition) is 6. The second kappa shape index (κ2) is 10.3. The minimum atomic E-state index is 0.181. The zero-order chi connectivity index (χ0) is 20.8. The molecule has 0 atom stereocenters. The molecule has 8 heteroatoms. The summed E-state index contributed by atoms with van der Waals surface area (Å²) < 4.78 is 17.4. The number of aryl methyl sites for hydroxylation is 1. The van der Waals surface area contributed by atoms with E-state index in [-0.39, 0.29) is 5.91 Å². The normalized spacial score (nSPS) is 14.7. The number of rotatable bonds is 8. The zero-order valence-corrected chi connectivity index (χ0v) is 19.5. The Balaban J connectivity index is 1.53. The fraction of sp³-hybridized carbons (Fsp3) is 0.476. The Morgan fingerprint density at radius 1 is 1.00 bits per heavy atom. The Kier molecular flexibility index (Phi) is 7.80. The molecule has 1 aromatic carbocycles. The van der Waals surface area contributed by atoms with Crippen molar-refractivity contribution in [2.24, 2.45) is 0 Å². The van der Waals surface area contributed by atoms with Gasteiger partial charge in [-0.2, -0.15) is 0 Å². The van der Waals surface area contributed by atoms with Crippen LogP contribution in [0.15, 0.2) is 28.1 Å². The average molecular weight is 483 g/mol. The molecule has 1 aliphatic heterocycles. The molecule has 158 valence electrons. The van der Waals surface area contributed by atoms with Crippen LogP contribution >= 0.6 is 27.3 Å². The van der Waals surface area contributed by atoms with Crippen molar-refractivity contribution in [1.82, 2.24) is 9.80 Å². The molecule has 0 radical (unpaired) electrons. The zero-order valence-electron chi connectivity index (χ0n) is 17.1. The van der Waals surface area contributed by atoms with Crippen molar-refractivity contribution in [2.75, 3.05) is 47.5 Å². The van der Waals surface area contributed by atoms with Gasteiger partial charge in [0.15, 0.2) is 11.5 Å². The summed E-state index contributed by atoms with van der Waals surface area (Å²) in [6.07, 6.45) is 1.05. The second-order valence-corrected chi connectivity index (χ2v) is 9.40. The molecule has 2 heterocycles. The van der Waals surface area contributed by atoms with E-state index >= 15 is 0 Å². The SMILES string of the molecule is COc1ccc(CCC(=O)N2CCN(Cc3ccc(Br)s3)CC2)c(OC)c1OC. The van der Waals surface area contributed by atoms with Gasteiger partial charge in [-0.05, 0) is 46.1 Å². The lowest BCUT2D eigenvalue weighted by Crippen LogP contribution is -2.48. The van der Waals surface area contributed by atoms with Crippen molar-refractivity contribution in [3.8, 4) is 17.2 Å². The molecule has 0 aliphatic carbocycles. The van der Waals surface area contributed by atoms with Crippen molar-refractivity contribution < 1.29 is 19.0 Å². The molecule has 0 N–H and O–H groups in total. The van der Waals surface area contributed by atoms with Crippen LogP contribution in [0.4, 0.5) is 0 Å². The highest BCUT2D eigenvalue weighted by atomic mass is 79.9. The summed E-state index contributed by atoms with van der Waals surface area (Å²) in [6.45, 7) is 4.30. The number of carbonyl (C=O) groups excluding carboxylic acids is 1. The average Bonchev–Trinajstić information content (AvgIpc) is 3.16. The fourth-order valence-corrected chi connectivity index (χ4v) is 5.10. The van der Waals surface area contributed by atoms with Gasteiger partial charge in [0.1, 0.15) is 0 Å². The third kappa shape index (κ3) is 5.43. The lowest BCUT2D eigenvalue weighted by Gasteiger charge is -2.34. The highest BCUT2D eigenvalue weighted by Crippen LogP contribution is 2.40. The van der Waals surface area contributed by atoms with E-state index in [1.807, 2.05) is 17.0 Å². The van der Waals surface area contributed by atoms with Crippen LogP contribution < -0.4 is 14.2 Å². The predicted octanol–water partition coefficient (Wildman–Crippen LogP) is 3.81. The first kappa shape index (κ1) is 21.9. The topological polar surface area (TPSA) is 51.2 Å². The Hall–Kier alpha value is -1.77. The van der Waals surface area contributed by atoms with Crippen LogP contribution in [0.25, 0.3) is 0 Å². The number of hydrogen-bond donors (Lipinski definition) is 0. The van der Waals surface area contributed by atoms with E-state index in [1.54, 1.807) is 32.7 Å². The third-order valence-corrected chi connectivity index (χ3v) is 6.74. The van der Waals surface area contributed by atoms with Gasteiger partial charge >= 0.3 is 0 Å². The molecule has 0 unspecified atom stereocenters. The molecular weight excluding hydrogens is 456 g/mol. The molecule has 2 aromatic rings. The van der Waals surface area contributed by atoms with Gasteiger partial charge in [0.05, 0.1) is 25.1 Å². The highest BCUT2D eigenvalue weighted by molar-refractivity contribution is 9.11. The largest absolute Gasteiger partial charge is 0.493 e. The number of benzene rings is 1. The van der Waals surface area contributed by atoms with Crippen LogP contribution in [0.5, 0.6) is 17.2 Å². The summed E-state index contributed by atoms with van der Waals surface area (Å²) in [6, 6.07) is 8.03. The Bertz CT molecular complexity index is 834. The third-order valence-electron chi connectivity index (χ3n) is 5.13. The Morgan fingerprint density at radius 3 is 2.31 bits per heavy atom. The molecule has 0 saturated carbocycles. The van der Waals surface area contributed by atoms with E-state index in [9.17, 15) is 4.79 Å². The number of nitrogens with zero attached hydrogens (tertiary/aromatic N) is 2. The minimum Gasteiger partial charge on any atom is -0.493 e. The summed E-state index contributed by atoms with van der Waals surface area (Å²) in [5, 5.41) is 0. The molecular formula is C21H27BrN2O4S. The first-order valence-corrected chi connectivity index (χ1v) is 11.2. The van der Waals surface area contributed by atoms with E-state index in [0.717, 1.165) is 42.1 Å². The Labute approximate surface area is 184 Å². The minimum absolute atomic E-state index is 0.181. The molecule has 1 fully saturated rings. The predicted molar refractivity (Wildman–Crippen MR) is 118 cm³/mol. The Morgan fingerprint density at radius 2 is 1.72 bits per heavy atom. The molecule has 29 heavy (non-hydrogen) atoms. The van der Waals surface area contributed by atoms with Gasteiger partial charge in [0, 0.05) is 44.0 Å². The maximum Gasteiger partial charge on any atom is 0.222 e. The first-order chi connectivity index (χ1) is 14.0. The number of amides is 1. The summed E-state index contributed by atoms with van der Waals surface area (Å²) in [5.41, 5.74) is 0.945. The van der Waals surface area contributed by atoms with E-state index in [0.29, 0.717) is 30.1 Å². The van der Waals surface area contributed by atoms with Crippen LogP contribution in [0.3, 0.4) is 0 Å². The molecule has 6 nitrogen and oxygen atoms in total. The molecule has 0 spiro atoms. The van der Waals surface area contributed by atoms with Gasteiger partial charge in [-0.3, -0.25) is 9.69 Å². The van der Waals surface area contributed by atoms with Crippen molar-refractivity contribution in [3.05, 3.63) is 38.5 Å². The quantitative estimate of drug-likeness (QED) is 0.572. The number of piperazine rings is 1. The number of ether oxygens (including phenoxy) is 3. The number of methoxy groups -OCH3 is 3. The molecule has 1 aliphatic rings. The van der Waals surface area contributed by atoms with Crippen LogP contribution in [0, 0.1) is 0 Å². The standard InChI is InChI=1S/C21H27BrN2O4S/c1-26-17-7-4-15(20(27-2)21(17)28-3)5-9-19(25)24-12-10-23(11-13-24)14-16-6-8-18(22)29-16/h4,6-8H,5,9-14H2,1-3H3. The molecule has 0 bridgehead atoms. The van der Waals surface area contributed by atoms with Crippen molar-refractivity contribution >= 4 is 33.2 Å². The summed E-state index contributed by atoms with van der Waals surface area (Å²) in [4.78, 5) is 18.4. The lowest BCUT2D eigenvalue weighted by atomic mass is 10.1. The van der Waals surface area contributed by atoms with E-state index in [2.05, 4.69) is 33.0 Å². The van der Waals surface area contributed by atoms with Gasteiger partial charge in [-0.15, -0.1) is 11.3 Å². The molecule has 1 saturated heterocycles. The smallest absolute Gasteiger partial charge is 0.222 e. The summed E-state index contributed by atoms with van der Waals surface area (Å²) in [5.74, 6) is 1.99. The molecule has 1 amide bonds. The maximum absolute atomic E-state index is 12.7. The highest BCUT2D eigenvalue weighted by Gasteiger charge is 2.22. The number of thiophene rings is 1. The first-order valence-electron chi connectivity index (χ1n) is 9.58. The van der Waals surface area contributed by atoms with E-state index in [4.69, 9.17) is 14.2 Å².